The molecule has 0 fully saturated rings. The van der Waals surface area contributed by atoms with Crippen molar-refractivity contribution < 1.29 is 17.9 Å². The van der Waals surface area contributed by atoms with Crippen molar-refractivity contribution in [3.05, 3.63) is 91.8 Å². The number of allylic oxidation sites excluding steroid dienone is 1. The number of benzene rings is 3. The largest absolute Gasteiger partial charge is 0.493 e. The summed E-state index contributed by atoms with van der Waals surface area (Å²) in [6.07, 6.45) is 1.25. The number of sulfone groups is 1. The third-order valence-electron chi connectivity index (χ3n) is 4.41. The minimum Gasteiger partial charge on any atom is -0.493 e. The molecule has 0 saturated heterocycles. The monoisotopic (exact) mass is 507 g/mol. The normalized spacial score (nSPS) is 11.7. The van der Waals surface area contributed by atoms with Crippen LogP contribution in [0.1, 0.15) is 11.1 Å². The van der Waals surface area contributed by atoms with Crippen LogP contribution < -0.4 is 9.47 Å². The maximum atomic E-state index is 13.0. The van der Waals surface area contributed by atoms with Crippen LogP contribution in [-0.4, -0.2) is 15.5 Å². The standard InChI is InChI=1S/C23H16Cl3NO4S/c1-30-22-4-2-3-16(23(22)31-14-15-5-10-20(25)21(26)11-15)12-19(13-27)32(28,29)18-8-6-17(24)7-9-18/h2-12H,14H2,1H3. The highest BCUT2D eigenvalue weighted by Gasteiger charge is 2.22. The van der Waals surface area contributed by atoms with Gasteiger partial charge in [0.2, 0.25) is 9.84 Å². The van der Waals surface area contributed by atoms with Crippen LogP contribution in [0.2, 0.25) is 15.1 Å². The second-order valence-corrected chi connectivity index (χ2v) is 9.66. The van der Waals surface area contributed by atoms with Crippen LogP contribution in [-0.2, 0) is 16.4 Å². The SMILES string of the molecule is COc1cccc(C=C(C#N)S(=O)(=O)c2ccc(Cl)cc2)c1OCc1ccc(Cl)c(Cl)c1. The van der Waals surface area contributed by atoms with E-state index in [1.165, 1.54) is 37.5 Å². The Morgan fingerprint density at radius 3 is 2.38 bits per heavy atom. The van der Waals surface area contributed by atoms with E-state index in [4.69, 9.17) is 44.3 Å². The van der Waals surface area contributed by atoms with Gasteiger partial charge < -0.3 is 9.47 Å². The Labute approximate surface area is 201 Å². The first-order valence-corrected chi connectivity index (χ1v) is 11.7. The lowest BCUT2D eigenvalue weighted by Crippen LogP contribution is -2.04. The average Bonchev–Trinajstić information content (AvgIpc) is 2.78. The van der Waals surface area contributed by atoms with Gasteiger partial charge in [0.25, 0.3) is 0 Å². The highest BCUT2D eigenvalue weighted by Crippen LogP contribution is 2.35. The molecule has 3 aromatic rings. The van der Waals surface area contributed by atoms with E-state index >= 15 is 0 Å². The highest BCUT2D eigenvalue weighted by atomic mass is 35.5. The summed E-state index contributed by atoms with van der Waals surface area (Å²) in [6, 6.07) is 17.4. The lowest BCUT2D eigenvalue weighted by molar-refractivity contribution is 0.284. The number of rotatable bonds is 7. The number of hydrogen-bond acceptors (Lipinski definition) is 5. The van der Waals surface area contributed by atoms with E-state index in [0.29, 0.717) is 26.4 Å². The molecule has 32 heavy (non-hydrogen) atoms. The van der Waals surface area contributed by atoms with E-state index in [1.54, 1.807) is 42.5 Å². The van der Waals surface area contributed by atoms with Gasteiger partial charge in [-0.3, -0.25) is 0 Å². The van der Waals surface area contributed by atoms with Gasteiger partial charge in [-0.25, -0.2) is 8.42 Å². The van der Waals surface area contributed by atoms with Gasteiger partial charge in [-0.15, -0.1) is 0 Å². The third kappa shape index (κ3) is 5.37. The van der Waals surface area contributed by atoms with Gasteiger partial charge in [0.1, 0.15) is 17.6 Å². The maximum Gasteiger partial charge on any atom is 0.216 e. The number of halogens is 3. The van der Waals surface area contributed by atoms with Crippen LogP contribution in [0, 0.1) is 11.3 Å². The van der Waals surface area contributed by atoms with Crippen LogP contribution in [0.3, 0.4) is 0 Å². The van der Waals surface area contributed by atoms with Gasteiger partial charge in [0.15, 0.2) is 11.5 Å². The number of nitrogens with zero attached hydrogens (tertiary/aromatic N) is 1. The van der Waals surface area contributed by atoms with Gasteiger partial charge in [-0.05, 0) is 54.1 Å². The van der Waals surface area contributed by atoms with Crippen molar-refractivity contribution >= 4 is 50.7 Å². The molecule has 0 unspecified atom stereocenters. The van der Waals surface area contributed by atoms with Crippen LogP contribution in [0.15, 0.2) is 70.5 Å². The van der Waals surface area contributed by atoms with Gasteiger partial charge in [-0.2, -0.15) is 5.26 Å². The average molecular weight is 509 g/mol. The Balaban J connectivity index is 2.01. The summed E-state index contributed by atoms with van der Waals surface area (Å²) in [6.45, 7) is 0.115. The molecule has 5 nitrogen and oxygen atoms in total. The fourth-order valence-corrected chi connectivity index (χ4v) is 4.40. The van der Waals surface area contributed by atoms with E-state index in [2.05, 4.69) is 0 Å². The zero-order valence-corrected chi connectivity index (χ0v) is 19.8. The second kappa shape index (κ2) is 10.3. The van der Waals surface area contributed by atoms with Gasteiger partial charge in [-0.1, -0.05) is 53.0 Å². The van der Waals surface area contributed by atoms with E-state index in [0.717, 1.165) is 5.56 Å². The summed E-state index contributed by atoms with van der Waals surface area (Å²) in [5, 5.41) is 10.8. The molecule has 9 heteroatoms. The van der Waals surface area contributed by atoms with E-state index in [9.17, 15) is 13.7 Å². The summed E-state index contributed by atoms with van der Waals surface area (Å²) in [7, 11) is -2.60. The molecule has 0 heterocycles. The Morgan fingerprint density at radius 2 is 1.75 bits per heavy atom. The zero-order chi connectivity index (χ0) is 23.3. The smallest absolute Gasteiger partial charge is 0.216 e. The molecule has 0 saturated carbocycles. The molecule has 0 bridgehead atoms. The van der Waals surface area contributed by atoms with Crippen molar-refractivity contribution in [3.8, 4) is 17.6 Å². The Morgan fingerprint density at radius 1 is 1.03 bits per heavy atom. The Kier molecular flexibility index (Phi) is 7.70. The molecule has 0 spiro atoms. The van der Waals surface area contributed by atoms with Crippen LogP contribution in [0.5, 0.6) is 11.5 Å². The molecule has 0 aliphatic carbocycles. The molecule has 3 rings (SSSR count). The fourth-order valence-electron chi connectivity index (χ4n) is 2.80. The van der Waals surface area contributed by atoms with Crippen LogP contribution >= 0.6 is 34.8 Å². The summed E-state index contributed by atoms with van der Waals surface area (Å²) in [5.74, 6) is 0.653. The van der Waals surface area contributed by atoms with Crippen LogP contribution in [0.4, 0.5) is 0 Å². The van der Waals surface area contributed by atoms with Gasteiger partial charge in [0, 0.05) is 10.6 Å². The molecular formula is C23H16Cl3NO4S. The first-order valence-electron chi connectivity index (χ1n) is 9.12. The quantitative estimate of drug-likeness (QED) is 0.337. The number of ether oxygens (including phenoxy) is 2. The number of hydrogen-bond donors (Lipinski definition) is 0. The number of methoxy groups -OCH3 is 1. The molecule has 3 aromatic carbocycles. The predicted octanol–water partition coefficient (Wildman–Crippen LogP) is 6.57. The highest BCUT2D eigenvalue weighted by molar-refractivity contribution is 7.95. The lowest BCUT2D eigenvalue weighted by atomic mass is 10.1. The van der Waals surface area contributed by atoms with Gasteiger partial charge in [0.05, 0.1) is 22.1 Å². The number of nitriles is 1. The van der Waals surface area contributed by atoms with E-state index in [-0.39, 0.29) is 17.3 Å². The summed E-state index contributed by atoms with van der Waals surface area (Å²) >= 11 is 17.9. The predicted molar refractivity (Wildman–Crippen MR) is 126 cm³/mol. The minimum absolute atomic E-state index is 0.0455. The first kappa shape index (κ1) is 24.0. The third-order valence-corrected chi connectivity index (χ3v) is 7.08. The lowest BCUT2D eigenvalue weighted by Gasteiger charge is -2.14. The molecule has 0 amide bonds. The molecular weight excluding hydrogens is 493 g/mol. The molecule has 0 aliphatic heterocycles. The van der Waals surface area contributed by atoms with E-state index in [1.807, 2.05) is 0 Å². The fraction of sp³-hybridized carbons (Fsp3) is 0.0870. The molecule has 0 radical (unpaired) electrons. The van der Waals surface area contributed by atoms with Crippen molar-refractivity contribution in [2.75, 3.05) is 7.11 Å². The molecule has 0 atom stereocenters. The van der Waals surface area contributed by atoms with Crippen molar-refractivity contribution in [2.24, 2.45) is 0 Å². The van der Waals surface area contributed by atoms with E-state index < -0.39 is 14.7 Å². The summed E-state index contributed by atoms with van der Waals surface area (Å²) < 4.78 is 37.2. The molecule has 164 valence electrons. The first-order chi connectivity index (χ1) is 15.3. The van der Waals surface area contributed by atoms with Crippen molar-refractivity contribution in [2.45, 2.75) is 11.5 Å². The Hall–Kier alpha value is -2.69. The molecule has 0 aromatic heterocycles. The number of para-hydroxylation sites is 1. The van der Waals surface area contributed by atoms with Crippen LogP contribution in [0.25, 0.3) is 6.08 Å². The van der Waals surface area contributed by atoms with Crippen molar-refractivity contribution in [3.63, 3.8) is 0 Å². The molecule has 0 aliphatic rings. The topological polar surface area (TPSA) is 76.4 Å². The summed E-state index contributed by atoms with van der Waals surface area (Å²) in [4.78, 5) is -0.497. The van der Waals surface area contributed by atoms with Crippen molar-refractivity contribution in [1.29, 1.82) is 5.26 Å². The zero-order valence-electron chi connectivity index (χ0n) is 16.7. The Bertz CT molecular complexity index is 1310. The van der Waals surface area contributed by atoms with Gasteiger partial charge >= 0.3 is 0 Å². The van der Waals surface area contributed by atoms with Crippen molar-refractivity contribution in [1.82, 2.24) is 0 Å². The minimum atomic E-state index is -4.07. The molecule has 0 N–H and O–H groups in total. The maximum absolute atomic E-state index is 13.0. The summed E-state index contributed by atoms with van der Waals surface area (Å²) in [5.41, 5.74) is 1.10. The second-order valence-electron chi connectivity index (χ2n) is 6.49.